The van der Waals surface area contributed by atoms with Crippen molar-refractivity contribution in [2.24, 2.45) is 11.8 Å². The van der Waals surface area contributed by atoms with Gasteiger partial charge in [-0.25, -0.2) is 0 Å². The van der Waals surface area contributed by atoms with Crippen LogP contribution in [0.1, 0.15) is 75.7 Å². The molecule has 2 saturated carbocycles. The lowest BCUT2D eigenvalue weighted by molar-refractivity contribution is 0.261. The van der Waals surface area contributed by atoms with Gasteiger partial charge >= 0.3 is 0 Å². The van der Waals surface area contributed by atoms with E-state index < -0.39 is 0 Å². The van der Waals surface area contributed by atoms with E-state index in [0.717, 1.165) is 23.6 Å². The summed E-state index contributed by atoms with van der Waals surface area (Å²) in [6, 6.07) is 11.2. The van der Waals surface area contributed by atoms with E-state index in [1.165, 1.54) is 64.2 Å². The summed E-state index contributed by atoms with van der Waals surface area (Å²) in [5.41, 5.74) is 1.58. The predicted octanol–water partition coefficient (Wildman–Crippen LogP) is 5.35. The predicted molar refractivity (Wildman–Crippen MR) is 94.6 cm³/mol. The number of hydrogen-bond acceptors (Lipinski definition) is 0. The van der Waals surface area contributed by atoms with Gasteiger partial charge in [-0.15, -0.1) is 0 Å². The van der Waals surface area contributed by atoms with Gasteiger partial charge in [-0.1, -0.05) is 74.7 Å². The van der Waals surface area contributed by atoms with Crippen molar-refractivity contribution in [3.05, 3.63) is 35.9 Å². The van der Waals surface area contributed by atoms with Crippen molar-refractivity contribution in [1.29, 1.82) is 0 Å². The van der Waals surface area contributed by atoms with E-state index >= 15 is 0 Å². The Balaban J connectivity index is 1.38. The molecule has 0 N–H and O–H groups in total. The molecule has 3 rings (SSSR count). The highest BCUT2D eigenvalue weighted by molar-refractivity contribution is 6.11. The highest BCUT2D eigenvalue weighted by Crippen LogP contribution is 2.39. The van der Waals surface area contributed by atoms with Gasteiger partial charge < -0.3 is 0 Å². The number of hydrogen-bond donors (Lipinski definition) is 0. The molecule has 0 atom stereocenters. The smallest absolute Gasteiger partial charge is 0.0697 e. The fourth-order valence-electron chi connectivity index (χ4n) is 4.60. The highest BCUT2D eigenvalue weighted by Gasteiger charge is 2.24. The van der Waals surface area contributed by atoms with Crippen LogP contribution in [0.15, 0.2) is 30.3 Å². The second-order valence-corrected chi connectivity index (χ2v) is 7.83. The van der Waals surface area contributed by atoms with Gasteiger partial charge in [0.05, 0.1) is 0 Å². The maximum absolute atomic E-state index is 2.43. The fraction of sp³-hybridized carbons (Fsp3) is 0.700. The van der Waals surface area contributed by atoms with E-state index in [9.17, 15) is 0 Å². The molecule has 0 nitrogen and oxygen atoms in total. The molecule has 1 aromatic carbocycles. The highest BCUT2D eigenvalue weighted by atomic mass is 14.3. The molecule has 0 radical (unpaired) electrons. The van der Waals surface area contributed by atoms with Crippen LogP contribution >= 0.6 is 0 Å². The maximum Gasteiger partial charge on any atom is 0.105 e. The Morgan fingerprint density at radius 1 is 0.714 bits per heavy atom. The summed E-state index contributed by atoms with van der Waals surface area (Å²) >= 11 is 0. The van der Waals surface area contributed by atoms with Gasteiger partial charge in [0.2, 0.25) is 0 Å². The lowest BCUT2D eigenvalue weighted by Crippen LogP contribution is -2.16. The zero-order valence-corrected chi connectivity index (χ0v) is 13.8. The summed E-state index contributed by atoms with van der Waals surface area (Å²) in [5.74, 6) is 3.94. The Morgan fingerprint density at radius 2 is 1.24 bits per heavy atom. The van der Waals surface area contributed by atoms with Crippen LogP contribution in [0.25, 0.3) is 0 Å². The Labute approximate surface area is 132 Å². The van der Waals surface area contributed by atoms with Crippen molar-refractivity contribution in [3.8, 4) is 0 Å². The molecular weight excluding hydrogens is 251 g/mol. The van der Waals surface area contributed by atoms with Crippen molar-refractivity contribution in [1.82, 2.24) is 0 Å². The quantitative estimate of drug-likeness (QED) is 0.653. The van der Waals surface area contributed by atoms with Crippen LogP contribution in [0.2, 0.25) is 5.82 Å². The minimum Gasteiger partial charge on any atom is -0.0697 e. The van der Waals surface area contributed by atoms with Gasteiger partial charge in [-0.2, -0.15) is 0 Å². The lowest BCUT2D eigenvalue weighted by atomic mass is 9.70. The minimum atomic E-state index is 0.845. The molecule has 1 heteroatoms. The summed E-state index contributed by atoms with van der Waals surface area (Å²) in [6.45, 7) is 0. The molecule has 0 heterocycles. The van der Waals surface area contributed by atoms with Crippen LogP contribution in [0.4, 0.5) is 0 Å². The molecular formula is C20H31B. The topological polar surface area (TPSA) is 0 Å². The van der Waals surface area contributed by atoms with Crippen LogP contribution in [0.3, 0.4) is 0 Å². The molecule has 0 aliphatic heterocycles. The molecule has 2 fully saturated rings. The first-order chi connectivity index (χ1) is 10.3. The largest absolute Gasteiger partial charge is 0.105 e. The molecule has 0 unspecified atom stereocenters. The average molecular weight is 282 g/mol. The normalized spacial score (nSPS) is 33.7. The van der Waals surface area contributed by atoms with Crippen LogP contribution in [-0.2, 0) is 0 Å². The summed E-state index contributed by atoms with van der Waals surface area (Å²) in [5, 5.41) is 0. The van der Waals surface area contributed by atoms with Crippen molar-refractivity contribution < 1.29 is 0 Å². The van der Waals surface area contributed by atoms with E-state index in [-0.39, 0.29) is 0 Å². The van der Waals surface area contributed by atoms with Crippen molar-refractivity contribution >= 4 is 7.85 Å². The van der Waals surface area contributed by atoms with E-state index in [1.807, 2.05) is 0 Å². The Morgan fingerprint density at radius 3 is 1.81 bits per heavy atom. The first-order valence-corrected chi connectivity index (χ1v) is 9.36. The third kappa shape index (κ3) is 4.38. The lowest BCUT2D eigenvalue weighted by Gasteiger charge is -2.31. The van der Waals surface area contributed by atoms with Gasteiger partial charge in [0, 0.05) is 0 Å². The van der Waals surface area contributed by atoms with Gasteiger partial charge in [0.1, 0.15) is 7.85 Å². The molecule has 2 aliphatic carbocycles. The Bertz CT molecular complexity index is 397. The SMILES string of the molecule is BC1CCC(CCC2CCC(c3ccccc3)CC2)CC1. The molecule has 0 spiro atoms. The minimum absolute atomic E-state index is 0.845. The first kappa shape index (κ1) is 15.2. The third-order valence-corrected chi connectivity index (χ3v) is 6.24. The Hall–Kier alpha value is -0.715. The van der Waals surface area contributed by atoms with E-state index in [4.69, 9.17) is 0 Å². The van der Waals surface area contributed by atoms with Crippen LogP contribution in [-0.4, -0.2) is 7.85 Å². The molecule has 1 aromatic rings. The molecule has 21 heavy (non-hydrogen) atoms. The van der Waals surface area contributed by atoms with Gasteiger partial charge in [0.15, 0.2) is 0 Å². The van der Waals surface area contributed by atoms with Crippen molar-refractivity contribution in [2.75, 3.05) is 0 Å². The van der Waals surface area contributed by atoms with E-state index in [0.29, 0.717) is 0 Å². The summed E-state index contributed by atoms with van der Waals surface area (Å²) in [6.07, 6.45) is 14.9. The molecule has 0 saturated heterocycles. The number of benzene rings is 1. The maximum atomic E-state index is 2.43. The summed E-state index contributed by atoms with van der Waals surface area (Å²) < 4.78 is 0. The zero-order chi connectivity index (χ0) is 14.5. The number of rotatable bonds is 4. The van der Waals surface area contributed by atoms with Gasteiger partial charge in [-0.3, -0.25) is 0 Å². The zero-order valence-electron chi connectivity index (χ0n) is 13.8. The van der Waals surface area contributed by atoms with Crippen LogP contribution in [0.5, 0.6) is 0 Å². The van der Waals surface area contributed by atoms with E-state index in [2.05, 4.69) is 38.2 Å². The molecule has 2 aliphatic rings. The van der Waals surface area contributed by atoms with Crippen molar-refractivity contribution in [3.63, 3.8) is 0 Å². The van der Waals surface area contributed by atoms with Gasteiger partial charge in [-0.05, 0) is 49.0 Å². The Kier molecular flexibility index (Phi) is 5.44. The molecule has 0 amide bonds. The van der Waals surface area contributed by atoms with Crippen LogP contribution in [0, 0.1) is 11.8 Å². The fourth-order valence-corrected chi connectivity index (χ4v) is 4.60. The van der Waals surface area contributed by atoms with Crippen molar-refractivity contribution in [2.45, 2.75) is 75.9 Å². The third-order valence-electron chi connectivity index (χ3n) is 6.24. The summed E-state index contributed by atoms with van der Waals surface area (Å²) in [4.78, 5) is 0. The van der Waals surface area contributed by atoms with Crippen LogP contribution < -0.4 is 0 Å². The standard InChI is InChI=1S/C20H31B/c21-20-14-10-17(11-15-20)7-6-16-8-12-19(13-9-16)18-4-2-1-3-5-18/h1-5,16-17,19-20H,6-15,21H2. The monoisotopic (exact) mass is 282 g/mol. The second kappa shape index (κ2) is 7.52. The molecule has 0 aromatic heterocycles. The second-order valence-electron chi connectivity index (χ2n) is 7.83. The molecule has 114 valence electrons. The molecule has 0 bridgehead atoms. The van der Waals surface area contributed by atoms with E-state index in [1.54, 1.807) is 5.56 Å². The first-order valence-electron chi connectivity index (χ1n) is 9.36. The van der Waals surface area contributed by atoms with Gasteiger partial charge in [0.25, 0.3) is 0 Å². The summed E-state index contributed by atoms with van der Waals surface area (Å²) in [7, 11) is 2.43. The average Bonchev–Trinajstić information content (AvgIpc) is 2.56.